The molecule has 4 aromatic rings. The van der Waals surface area contributed by atoms with E-state index in [1.807, 2.05) is 6.07 Å². The monoisotopic (exact) mass is 473 g/mol. The smallest absolute Gasteiger partial charge is 0.265 e. The largest absolute Gasteiger partial charge is 0.279 e. The normalized spacial score (nSPS) is 11.6. The Hall–Kier alpha value is -2.87. The van der Waals surface area contributed by atoms with E-state index in [0.29, 0.717) is 33.7 Å². The molecule has 0 saturated heterocycles. The lowest BCUT2D eigenvalue weighted by molar-refractivity contribution is 0.601. The average molecular weight is 474 g/mol. The van der Waals surface area contributed by atoms with Gasteiger partial charge in [0.1, 0.15) is 5.82 Å². The number of rotatable bonds is 4. The van der Waals surface area contributed by atoms with E-state index < -0.39 is 10.0 Å². The lowest BCUT2D eigenvalue weighted by Gasteiger charge is -2.15. The lowest BCUT2D eigenvalue weighted by atomic mass is 10.1. The summed E-state index contributed by atoms with van der Waals surface area (Å²) < 4.78 is 29.6. The Morgan fingerprint density at radius 3 is 2.39 bits per heavy atom. The third-order valence-electron chi connectivity index (χ3n) is 4.86. The Bertz CT molecular complexity index is 1500. The van der Waals surface area contributed by atoms with Crippen molar-refractivity contribution in [2.24, 2.45) is 0 Å². The molecule has 0 aliphatic heterocycles. The van der Waals surface area contributed by atoms with Crippen molar-refractivity contribution in [1.82, 2.24) is 9.55 Å². The van der Waals surface area contributed by atoms with E-state index in [0.717, 1.165) is 0 Å². The number of hydrogen-bond donors (Lipinski definition) is 1. The molecule has 1 heterocycles. The molecular weight excluding hydrogens is 457 g/mol. The summed E-state index contributed by atoms with van der Waals surface area (Å²) in [6.45, 7) is 3.51. The lowest BCUT2D eigenvalue weighted by Crippen LogP contribution is -2.22. The van der Waals surface area contributed by atoms with Gasteiger partial charge >= 0.3 is 0 Å². The summed E-state index contributed by atoms with van der Waals surface area (Å²) in [5, 5.41) is 0.927. The highest BCUT2D eigenvalue weighted by molar-refractivity contribution is 7.92. The van der Waals surface area contributed by atoms with Crippen LogP contribution in [0.15, 0.2) is 70.4 Å². The molecule has 9 heteroatoms. The SMILES string of the molecule is Cc1cc(-n2c(C)nc3ccccc3c2=O)ccc1NS(=O)(=O)c1ccc(Cl)c(Cl)c1. The Kier molecular flexibility index (Phi) is 5.51. The van der Waals surface area contributed by atoms with Gasteiger partial charge in [-0.2, -0.15) is 0 Å². The molecule has 158 valence electrons. The van der Waals surface area contributed by atoms with E-state index in [2.05, 4.69) is 9.71 Å². The zero-order valence-electron chi connectivity index (χ0n) is 16.6. The van der Waals surface area contributed by atoms with E-state index in [4.69, 9.17) is 23.2 Å². The molecule has 0 spiro atoms. The summed E-state index contributed by atoms with van der Waals surface area (Å²) in [4.78, 5) is 17.5. The average Bonchev–Trinajstić information content (AvgIpc) is 2.72. The first-order valence-corrected chi connectivity index (χ1v) is 11.5. The minimum absolute atomic E-state index is 0.00355. The van der Waals surface area contributed by atoms with E-state index in [1.54, 1.807) is 50.2 Å². The topological polar surface area (TPSA) is 81.1 Å². The fourth-order valence-electron chi connectivity index (χ4n) is 3.30. The number of fused-ring (bicyclic) bond motifs is 1. The maximum absolute atomic E-state index is 13.0. The second-order valence-electron chi connectivity index (χ2n) is 7.00. The zero-order valence-corrected chi connectivity index (χ0v) is 18.9. The van der Waals surface area contributed by atoms with Crippen LogP contribution < -0.4 is 10.3 Å². The van der Waals surface area contributed by atoms with Crippen LogP contribution in [0.25, 0.3) is 16.6 Å². The van der Waals surface area contributed by atoms with Crippen molar-refractivity contribution >= 4 is 49.8 Å². The van der Waals surface area contributed by atoms with E-state index in [9.17, 15) is 13.2 Å². The number of nitrogens with zero attached hydrogens (tertiary/aromatic N) is 2. The second kappa shape index (κ2) is 8.00. The van der Waals surface area contributed by atoms with Gasteiger partial charge in [0, 0.05) is 0 Å². The Labute approximate surface area is 189 Å². The molecule has 1 aromatic heterocycles. The van der Waals surface area contributed by atoms with Crippen molar-refractivity contribution in [2.75, 3.05) is 4.72 Å². The van der Waals surface area contributed by atoms with E-state index in [1.165, 1.54) is 22.8 Å². The number of benzene rings is 3. The predicted molar refractivity (Wildman–Crippen MR) is 124 cm³/mol. The molecule has 4 rings (SSSR count). The van der Waals surface area contributed by atoms with Crippen LogP contribution in [0.1, 0.15) is 11.4 Å². The van der Waals surface area contributed by atoms with Crippen molar-refractivity contribution in [3.05, 3.63) is 92.5 Å². The second-order valence-corrected chi connectivity index (χ2v) is 9.49. The molecule has 0 saturated carbocycles. The molecule has 0 atom stereocenters. The van der Waals surface area contributed by atoms with Crippen LogP contribution in [0.2, 0.25) is 10.0 Å². The van der Waals surface area contributed by atoms with Gasteiger partial charge in [-0.3, -0.25) is 14.1 Å². The zero-order chi connectivity index (χ0) is 22.3. The Balaban J connectivity index is 1.73. The molecule has 0 bridgehead atoms. The highest BCUT2D eigenvalue weighted by Crippen LogP contribution is 2.27. The molecule has 1 N–H and O–H groups in total. The van der Waals surface area contributed by atoms with E-state index in [-0.39, 0.29) is 20.5 Å². The molecule has 0 aliphatic carbocycles. The summed E-state index contributed by atoms with van der Waals surface area (Å²) in [6, 6.07) is 16.3. The maximum atomic E-state index is 13.0. The number of aromatic nitrogens is 2. The molecule has 0 radical (unpaired) electrons. The van der Waals surface area contributed by atoms with Crippen molar-refractivity contribution < 1.29 is 8.42 Å². The van der Waals surface area contributed by atoms with Gasteiger partial charge in [0.15, 0.2) is 0 Å². The minimum Gasteiger partial charge on any atom is -0.279 e. The number of anilines is 1. The van der Waals surface area contributed by atoms with Crippen LogP contribution in [0, 0.1) is 13.8 Å². The molecule has 3 aromatic carbocycles. The van der Waals surface area contributed by atoms with Gasteiger partial charge in [0.05, 0.1) is 37.2 Å². The van der Waals surface area contributed by atoms with Crippen molar-refractivity contribution in [3.63, 3.8) is 0 Å². The Morgan fingerprint density at radius 2 is 1.68 bits per heavy atom. The third kappa shape index (κ3) is 4.04. The molecule has 0 unspecified atom stereocenters. The van der Waals surface area contributed by atoms with Gasteiger partial charge in [-0.25, -0.2) is 13.4 Å². The molecule has 0 amide bonds. The summed E-state index contributed by atoms with van der Waals surface area (Å²) >= 11 is 11.8. The fraction of sp³-hybridized carbons (Fsp3) is 0.0909. The first kappa shape index (κ1) is 21.4. The van der Waals surface area contributed by atoms with Crippen LogP contribution in [-0.4, -0.2) is 18.0 Å². The third-order valence-corrected chi connectivity index (χ3v) is 6.96. The number of nitrogens with one attached hydrogen (secondary N) is 1. The van der Waals surface area contributed by atoms with Crippen molar-refractivity contribution in [3.8, 4) is 5.69 Å². The van der Waals surface area contributed by atoms with Gasteiger partial charge in [-0.15, -0.1) is 0 Å². The first-order chi connectivity index (χ1) is 14.7. The summed E-state index contributed by atoms with van der Waals surface area (Å²) in [7, 11) is -3.87. The van der Waals surface area contributed by atoms with Gasteiger partial charge in [0.25, 0.3) is 15.6 Å². The quantitative estimate of drug-likeness (QED) is 0.446. The minimum atomic E-state index is -3.87. The molecule has 0 fully saturated rings. The van der Waals surface area contributed by atoms with Gasteiger partial charge in [0.2, 0.25) is 0 Å². The van der Waals surface area contributed by atoms with Crippen LogP contribution >= 0.6 is 23.2 Å². The predicted octanol–water partition coefficient (Wildman–Crippen LogP) is 5.11. The standard InChI is InChI=1S/C22H17Cl2N3O3S/c1-13-11-15(27-14(2)25-21-6-4-3-5-17(21)22(27)28)7-10-20(13)26-31(29,30)16-8-9-18(23)19(24)12-16/h3-12,26H,1-2H3. The highest BCUT2D eigenvalue weighted by atomic mass is 35.5. The van der Waals surface area contributed by atoms with Crippen LogP contribution in [0.4, 0.5) is 5.69 Å². The van der Waals surface area contributed by atoms with Crippen LogP contribution in [0.5, 0.6) is 0 Å². The summed E-state index contributed by atoms with van der Waals surface area (Å²) in [6.07, 6.45) is 0. The molecular formula is C22H17Cl2N3O3S. The van der Waals surface area contributed by atoms with Crippen molar-refractivity contribution in [1.29, 1.82) is 0 Å². The number of halogens is 2. The Morgan fingerprint density at radius 1 is 0.935 bits per heavy atom. The number of hydrogen-bond acceptors (Lipinski definition) is 4. The van der Waals surface area contributed by atoms with Gasteiger partial charge < -0.3 is 0 Å². The maximum Gasteiger partial charge on any atom is 0.265 e. The van der Waals surface area contributed by atoms with E-state index >= 15 is 0 Å². The number of sulfonamides is 1. The summed E-state index contributed by atoms with van der Waals surface area (Å²) in [5.74, 6) is 0.534. The van der Waals surface area contributed by atoms with Gasteiger partial charge in [-0.05, 0) is 67.9 Å². The van der Waals surface area contributed by atoms with Crippen molar-refractivity contribution in [2.45, 2.75) is 18.7 Å². The fourth-order valence-corrected chi connectivity index (χ4v) is 4.82. The number of aryl methyl sites for hydroxylation is 2. The van der Waals surface area contributed by atoms with Gasteiger partial charge in [-0.1, -0.05) is 35.3 Å². The molecule has 6 nitrogen and oxygen atoms in total. The molecule has 0 aliphatic rings. The molecule has 31 heavy (non-hydrogen) atoms. The van der Waals surface area contributed by atoms with Crippen LogP contribution in [-0.2, 0) is 10.0 Å². The van der Waals surface area contributed by atoms with Crippen LogP contribution in [0.3, 0.4) is 0 Å². The number of para-hydroxylation sites is 1. The highest BCUT2D eigenvalue weighted by Gasteiger charge is 2.18. The summed E-state index contributed by atoms with van der Waals surface area (Å²) in [5.41, 5.74) is 2.06. The first-order valence-electron chi connectivity index (χ1n) is 9.25.